The highest BCUT2D eigenvalue weighted by atomic mass is 16.6. The molecule has 0 saturated carbocycles. The molecule has 1 amide bonds. The molecule has 0 saturated heterocycles. The Morgan fingerprint density at radius 1 is 1.20 bits per heavy atom. The fourth-order valence-corrected chi connectivity index (χ4v) is 2.47. The number of hydrogen-bond donors (Lipinski definition) is 2. The van der Waals surface area contributed by atoms with Gasteiger partial charge >= 0.3 is 0 Å². The normalized spacial score (nSPS) is 10.3. The van der Waals surface area contributed by atoms with E-state index in [0.717, 1.165) is 18.7 Å². The molecule has 0 aliphatic heterocycles. The van der Waals surface area contributed by atoms with Crippen molar-refractivity contribution in [2.45, 2.75) is 13.5 Å². The summed E-state index contributed by atoms with van der Waals surface area (Å²) in [6.07, 6.45) is 0. The number of amides is 1. The summed E-state index contributed by atoms with van der Waals surface area (Å²) >= 11 is 0. The minimum atomic E-state index is -0.450. The third-order valence-corrected chi connectivity index (χ3v) is 3.66. The van der Waals surface area contributed by atoms with Gasteiger partial charge in [0.05, 0.1) is 11.5 Å². The van der Waals surface area contributed by atoms with Crippen molar-refractivity contribution in [1.29, 1.82) is 0 Å². The van der Waals surface area contributed by atoms with Crippen molar-refractivity contribution in [3.8, 4) is 0 Å². The molecule has 2 N–H and O–H groups in total. The highest BCUT2D eigenvalue weighted by Crippen LogP contribution is 2.26. The first-order valence-corrected chi connectivity index (χ1v) is 8.05. The first-order valence-electron chi connectivity index (χ1n) is 8.05. The molecular weight excluding hydrogens is 320 g/mol. The van der Waals surface area contributed by atoms with Gasteiger partial charge in [0, 0.05) is 25.3 Å². The number of anilines is 2. The molecule has 7 nitrogen and oxygen atoms in total. The number of carbonyl (C=O) groups is 1. The van der Waals surface area contributed by atoms with E-state index >= 15 is 0 Å². The first-order chi connectivity index (χ1) is 12.0. The molecular formula is C18H22N4O3. The summed E-state index contributed by atoms with van der Waals surface area (Å²) in [6, 6.07) is 14.0. The number of likely N-dealkylation sites (N-methyl/N-ethyl adjacent to an activating group) is 1. The summed E-state index contributed by atoms with van der Waals surface area (Å²) in [4.78, 5) is 24.5. The lowest BCUT2D eigenvalue weighted by Crippen LogP contribution is -2.30. The van der Waals surface area contributed by atoms with Gasteiger partial charge in [0.15, 0.2) is 0 Å². The zero-order valence-electron chi connectivity index (χ0n) is 14.4. The Balaban J connectivity index is 2.02. The van der Waals surface area contributed by atoms with E-state index in [-0.39, 0.29) is 18.1 Å². The molecule has 0 aliphatic carbocycles. The van der Waals surface area contributed by atoms with Gasteiger partial charge in [0.2, 0.25) is 5.91 Å². The molecule has 2 aromatic carbocycles. The van der Waals surface area contributed by atoms with E-state index in [4.69, 9.17) is 0 Å². The zero-order chi connectivity index (χ0) is 18.2. The van der Waals surface area contributed by atoms with Gasteiger partial charge < -0.3 is 15.5 Å². The van der Waals surface area contributed by atoms with E-state index in [1.165, 1.54) is 6.07 Å². The van der Waals surface area contributed by atoms with Crippen LogP contribution >= 0.6 is 0 Å². The predicted octanol–water partition coefficient (Wildman–Crippen LogP) is 2.78. The molecule has 0 atom stereocenters. The van der Waals surface area contributed by atoms with Gasteiger partial charge in [0.1, 0.15) is 5.69 Å². The van der Waals surface area contributed by atoms with Crippen LogP contribution in [0, 0.1) is 10.1 Å². The van der Waals surface area contributed by atoms with Crippen molar-refractivity contribution in [2.75, 3.05) is 30.4 Å². The minimum Gasteiger partial charge on any atom is -0.360 e. The second-order valence-corrected chi connectivity index (χ2v) is 5.63. The number of nitrogens with one attached hydrogen (secondary N) is 2. The maximum Gasteiger partial charge on any atom is 0.292 e. The molecule has 0 fully saturated rings. The van der Waals surface area contributed by atoms with E-state index < -0.39 is 4.92 Å². The number of nitro benzene ring substituents is 1. The second-order valence-electron chi connectivity index (χ2n) is 5.63. The smallest absolute Gasteiger partial charge is 0.292 e. The van der Waals surface area contributed by atoms with Gasteiger partial charge in [-0.1, -0.05) is 31.2 Å². The molecule has 132 valence electrons. The Morgan fingerprint density at radius 2 is 1.96 bits per heavy atom. The van der Waals surface area contributed by atoms with E-state index in [1.54, 1.807) is 30.1 Å². The Labute approximate surface area is 146 Å². The SMILES string of the molecule is CCNCc1cccc(NC(=O)CN(C)c2ccccc2[N+](=O)[O-])c1. The average molecular weight is 342 g/mol. The Morgan fingerprint density at radius 3 is 2.68 bits per heavy atom. The lowest BCUT2D eigenvalue weighted by Gasteiger charge is -2.18. The number of hydrogen-bond acceptors (Lipinski definition) is 5. The molecule has 2 rings (SSSR count). The van der Waals surface area contributed by atoms with Crippen LogP contribution in [0.5, 0.6) is 0 Å². The van der Waals surface area contributed by atoms with Crippen LogP contribution in [0.3, 0.4) is 0 Å². The maximum absolute atomic E-state index is 12.3. The standard InChI is InChI=1S/C18H22N4O3/c1-3-19-12-14-7-6-8-15(11-14)20-18(23)13-21(2)16-9-4-5-10-17(16)22(24)25/h4-11,19H,3,12-13H2,1-2H3,(H,20,23). The van der Waals surface area contributed by atoms with Crippen molar-refractivity contribution in [3.05, 3.63) is 64.2 Å². The third kappa shape index (κ3) is 5.29. The Bertz CT molecular complexity index is 749. The number of para-hydroxylation sites is 2. The molecule has 0 unspecified atom stereocenters. The highest BCUT2D eigenvalue weighted by molar-refractivity contribution is 5.94. The summed E-state index contributed by atoms with van der Waals surface area (Å²) in [7, 11) is 1.66. The van der Waals surface area contributed by atoms with Gasteiger partial charge in [-0.15, -0.1) is 0 Å². The topological polar surface area (TPSA) is 87.5 Å². The Hall–Kier alpha value is -2.93. The van der Waals surface area contributed by atoms with Crippen LogP contribution in [0.15, 0.2) is 48.5 Å². The van der Waals surface area contributed by atoms with E-state index in [2.05, 4.69) is 10.6 Å². The Kier molecular flexibility index (Phi) is 6.47. The van der Waals surface area contributed by atoms with Crippen LogP contribution in [0.25, 0.3) is 0 Å². The number of nitro groups is 1. The summed E-state index contributed by atoms with van der Waals surface area (Å²) in [5.74, 6) is -0.235. The number of rotatable bonds is 8. The molecule has 7 heteroatoms. The molecule has 0 aromatic heterocycles. The summed E-state index contributed by atoms with van der Waals surface area (Å²) in [5.41, 5.74) is 2.16. The zero-order valence-corrected chi connectivity index (χ0v) is 14.4. The van der Waals surface area contributed by atoms with Crippen molar-refractivity contribution >= 4 is 23.0 Å². The molecule has 2 aromatic rings. The lowest BCUT2D eigenvalue weighted by atomic mass is 10.2. The fourth-order valence-electron chi connectivity index (χ4n) is 2.47. The first kappa shape index (κ1) is 18.4. The van der Waals surface area contributed by atoms with Crippen molar-refractivity contribution in [3.63, 3.8) is 0 Å². The van der Waals surface area contributed by atoms with E-state index in [1.807, 2.05) is 31.2 Å². The quantitative estimate of drug-likeness (QED) is 0.569. The fraction of sp³-hybridized carbons (Fsp3) is 0.278. The van der Waals surface area contributed by atoms with Crippen LogP contribution in [-0.4, -0.2) is 31.0 Å². The third-order valence-electron chi connectivity index (χ3n) is 3.66. The minimum absolute atomic E-state index is 0.0162. The average Bonchev–Trinajstić information content (AvgIpc) is 2.60. The molecule has 0 spiro atoms. The van der Waals surface area contributed by atoms with Crippen LogP contribution < -0.4 is 15.5 Å². The lowest BCUT2D eigenvalue weighted by molar-refractivity contribution is -0.384. The van der Waals surface area contributed by atoms with Crippen LogP contribution in [0.2, 0.25) is 0 Å². The summed E-state index contributed by atoms with van der Waals surface area (Å²) in [6.45, 7) is 3.65. The van der Waals surface area contributed by atoms with Gasteiger partial charge in [-0.2, -0.15) is 0 Å². The van der Waals surface area contributed by atoms with Gasteiger partial charge in [-0.3, -0.25) is 14.9 Å². The van der Waals surface area contributed by atoms with E-state index in [0.29, 0.717) is 11.4 Å². The second kappa shape index (κ2) is 8.79. The van der Waals surface area contributed by atoms with Crippen molar-refractivity contribution in [2.24, 2.45) is 0 Å². The van der Waals surface area contributed by atoms with Crippen LogP contribution in [-0.2, 0) is 11.3 Å². The van der Waals surface area contributed by atoms with Gasteiger partial charge in [-0.05, 0) is 30.3 Å². The van der Waals surface area contributed by atoms with Gasteiger partial charge in [0.25, 0.3) is 5.69 Å². The van der Waals surface area contributed by atoms with Crippen LogP contribution in [0.4, 0.5) is 17.1 Å². The molecule has 0 bridgehead atoms. The van der Waals surface area contributed by atoms with E-state index in [9.17, 15) is 14.9 Å². The summed E-state index contributed by atoms with van der Waals surface area (Å²) < 4.78 is 0. The monoisotopic (exact) mass is 342 g/mol. The maximum atomic E-state index is 12.3. The molecule has 0 heterocycles. The molecule has 25 heavy (non-hydrogen) atoms. The largest absolute Gasteiger partial charge is 0.360 e. The molecule has 0 aliphatic rings. The number of nitrogens with zero attached hydrogens (tertiary/aromatic N) is 2. The van der Waals surface area contributed by atoms with Gasteiger partial charge in [-0.25, -0.2) is 0 Å². The van der Waals surface area contributed by atoms with Crippen molar-refractivity contribution in [1.82, 2.24) is 5.32 Å². The van der Waals surface area contributed by atoms with Crippen molar-refractivity contribution < 1.29 is 9.72 Å². The number of benzene rings is 2. The number of carbonyl (C=O) groups excluding carboxylic acids is 1. The molecule has 0 radical (unpaired) electrons. The predicted molar refractivity (Wildman–Crippen MR) is 98.8 cm³/mol. The highest BCUT2D eigenvalue weighted by Gasteiger charge is 2.17. The summed E-state index contributed by atoms with van der Waals surface area (Å²) in [5, 5.41) is 17.2. The van der Waals surface area contributed by atoms with Crippen LogP contribution in [0.1, 0.15) is 12.5 Å².